The van der Waals surface area contributed by atoms with E-state index in [0.717, 1.165) is 0 Å². The Morgan fingerprint density at radius 3 is 2.62 bits per heavy atom. The van der Waals surface area contributed by atoms with Crippen LogP contribution >= 0.6 is 0 Å². The molecule has 2 aromatic rings. The number of rotatable bonds is 3. The molecule has 2 heterocycles. The van der Waals surface area contributed by atoms with Gasteiger partial charge in [-0.2, -0.15) is 0 Å². The van der Waals surface area contributed by atoms with Gasteiger partial charge in [0.05, 0.1) is 23.9 Å². The number of amides is 3. The highest BCUT2D eigenvalue weighted by molar-refractivity contribution is 6.03. The quantitative estimate of drug-likeness (QED) is 0.732. The number of aromatic nitrogens is 2. The summed E-state index contributed by atoms with van der Waals surface area (Å²) in [6.45, 7) is 6.43. The molecule has 3 rings (SSSR count). The molecule has 10 nitrogen and oxygen atoms in total. The van der Waals surface area contributed by atoms with Crippen molar-refractivity contribution in [1.29, 1.82) is 0 Å². The minimum Gasteiger partial charge on any atom is -0.491 e. The Balaban J connectivity index is 1.93. The number of carbonyl (C=O) groups excluding carboxylic acids is 3. The van der Waals surface area contributed by atoms with Crippen molar-refractivity contribution in [2.75, 3.05) is 39.2 Å². The zero-order valence-corrected chi connectivity index (χ0v) is 20.1. The molecule has 1 aromatic heterocycles. The predicted molar refractivity (Wildman–Crippen MR) is 126 cm³/mol. The maximum absolute atomic E-state index is 13.2. The summed E-state index contributed by atoms with van der Waals surface area (Å²) in [6.07, 6.45) is 4.02. The summed E-state index contributed by atoms with van der Waals surface area (Å²) in [7, 11) is 3.31. The van der Waals surface area contributed by atoms with Crippen LogP contribution in [-0.4, -0.2) is 83.5 Å². The number of nitrogens with zero attached hydrogens (tertiary/aromatic N) is 4. The maximum atomic E-state index is 13.2. The fourth-order valence-electron chi connectivity index (χ4n) is 3.90. The van der Waals surface area contributed by atoms with Gasteiger partial charge in [0.1, 0.15) is 18.1 Å². The number of carbonyl (C=O) groups is 3. The highest BCUT2D eigenvalue weighted by Gasteiger charge is 2.29. The van der Waals surface area contributed by atoms with Gasteiger partial charge >= 0.3 is 0 Å². The molecular weight excluding hydrogens is 438 g/mol. The molecule has 34 heavy (non-hydrogen) atoms. The van der Waals surface area contributed by atoms with Gasteiger partial charge in [0.25, 0.3) is 11.8 Å². The fourth-order valence-corrected chi connectivity index (χ4v) is 3.90. The average molecular weight is 470 g/mol. The number of benzene rings is 1. The van der Waals surface area contributed by atoms with Crippen molar-refractivity contribution in [1.82, 2.24) is 19.8 Å². The van der Waals surface area contributed by atoms with E-state index in [0.29, 0.717) is 30.1 Å². The van der Waals surface area contributed by atoms with E-state index in [-0.39, 0.29) is 42.2 Å². The highest BCUT2D eigenvalue weighted by Crippen LogP contribution is 2.27. The van der Waals surface area contributed by atoms with Crippen molar-refractivity contribution >= 4 is 23.4 Å². The number of hydrogen-bond donors (Lipinski definition) is 1. The molecule has 0 radical (unpaired) electrons. The van der Waals surface area contributed by atoms with E-state index in [2.05, 4.69) is 15.3 Å². The van der Waals surface area contributed by atoms with E-state index in [1.807, 2.05) is 13.8 Å². The lowest BCUT2D eigenvalue weighted by molar-refractivity contribution is -0.133. The Labute approximate surface area is 199 Å². The van der Waals surface area contributed by atoms with E-state index in [9.17, 15) is 14.4 Å². The number of fused-ring (bicyclic) bond motifs is 1. The molecule has 0 fully saturated rings. The summed E-state index contributed by atoms with van der Waals surface area (Å²) in [5.74, 6) is -0.411. The standard InChI is InChI=1S/C24H31N5O5/c1-15-12-29(17(3)30)16(2)14-34-21-10-18(27-23(31)20-11-25-8-9-26-20)6-7-19(21)24(32)28(4)13-22(15)33-5/h6-11,15-16,22H,12-14H2,1-5H3,(H,27,31)/t15-,16+,22+/m0/s1. The van der Waals surface area contributed by atoms with Crippen LogP contribution in [0, 0.1) is 5.92 Å². The Bertz CT molecular complexity index is 1030. The monoisotopic (exact) mass is 469 g/mol. The zero-order chi connectivity index (χ0) is 24.8. The highest BCUT2D eigenvalue weighted by atomic mass is 16.5. The second kappa shape index (κ2) is 11.1. The maximum Gasteiger partial charge on any atom is 0.275 e. The molecule has 3 atom stereocenters. The molecule has 0 bridgehead atoms. The molecule has 1 aliphatic rings. The van der Waals surface area contributed by atoms with Crippen LogP contribution in [0.2, 0.25) is 0 Å². The van der Waals surface area contributed by atoms with Crippen LogP contribution in [0.1, 0.15) is 41.6 Å². The van der Waals surface area contributed by atoms with Gasteiger partial charge in [0, 0.05) is 64.2 Å². The van der Waals surface area contributed by atoms with Gasteiger partial charge in [-0.1, -0.05) is 6.92 Å². The first kappa shape index (κ1) is 25.1. The summed E-state index contributed by atoms with van der Waals surface area (Å²) in [5, 5.41) is 2.75. The predicted octanol–water partition coefficient (Wildman–Crippen LogP) is 2.08. The van der Waals surface area contributed by atoms with Gasteiger partial charge in [-0.05, 0) is 19.1 Å². The number of nitrogens with one attached hydrogen (secondary N) is 1. The van der Waals surface area contributed by atoms with Gasteiger partial charge in [0.2, 0.25) is 5.91 Å². The third-order valence-corrected chi connectivity index (χ3v) is 5.90. The third-order valence-electron chi connectivity index (χ3n) is 5.90. The first-order valence-electron chi connectivity index (χ1n) is 11.1. The lowest BCUT2D eigenvalue weighted by atomic mass is 10.0. The van der Waals surface area contributed by atoms with Crippen LogP contribution in [-0.2, 0) is 9.53 Å². The molecule has 182 valence electrons. The fraction of sp³-hybridized carbons (Fsp3) is 0.458. The van der Waals surface area contributed by atoms with Gasteiger partial charge in [-0.3, -0.25) is 19.4 Å². The number of hydrogen-bond acceptors (Lipinski definition) is 7. The van der Waals surface area contributed by atoms with Crippen molar-refractivity contribution in [2.45, 2.75) is 32.9 Å². The lowest BCUT2D eigenvalue weighted by Crippen LogP contribution is -2.48. The Morgan fingerprint density at radius 1 is 1.21 bits per heavy atom. The first-order valence-corrected chi connectivity index (χ1v) is 11.1. The zero-order valence-electron chi connectivity index (χ0n) is 20.1. The molecule has 3 amide bonds. The molecule has 0 unspecified atom stereocenters. The van der Waals surface area contributed by atoms with Crippen molar-refractivity contribution in [2.24, 2.45) is 5.92 Å². The molecule has 1 aliphatic heterocycles. The van der Waals surface area contributed by atoms with Crippen LogP contribution in [0.5, 0.6) is 5.75 Å². The molecular formula is C24H31N5O5. The van der Waals surface area contributed by atoms with Crippen molar-refractivity contribution in [3.05, 3.63) is 48.0 Å². The Hall–Kier alpha value is -3.53. The second-order valence-corrected chi connectivity index (χ2v) is 8.52. The normalized spacial score (nSPS) is 21.6. The minimum absolute atomic E-state index is 0.00386. The average Bonchev–Trinajstić information content (AvgIpc) is 2.83. The summed E-state index contributed by atoms with van der Waals surface area (Å²) >= 11 is 0. The van der Waals surface area contributed by atoms with Crippen LogP contribution < -0.4 is 10.1 Å². The number of anilines is 1. The van der Waals surface area contributed by atoms with Gasteiger partial charge in [-0.15, -0.1) is 0 Å². The smallest absolute Gasteiger partial charge is 0.275 e. The number of methoxy groups -OCH3 is 1. The molecule has 1 aromatic carbocycles. The van der Waals surface area contributed by atoms with Crippen molar-refractivity contribution < 1.29 is 23.9 Å². The van der Waals surface area contributed by atoms with Gasteiger partial charge in [0.15, 0.2) is 0 Å². The van der Waals surface area contributed by atoms with Crippen molar-refractivity contribution in [3.8, 4) is 5.75 Å². The largest absolute Gasteiger partial charge is 0.491 e. The second-order valence-electron chi connectivity index (χ2n) is 8.52. The van der Waals surface area contributed by atoms with Crippen molar-refractivity contribution in [3.63, 3.8) is 0 Å². The number of ether oxygens (including phenoxy) is 2. The summed E-state index contributed by atoms with van der Waals surface area (Å²) in [4.78, 5) is 49.3. The summed E-state index contributed by atoms with van der Waals surface area (Å²) in [6, 6.07) is 4.61. The Morgan fingerprint density at radius 2 is 1.97 bits per heavy atom. The summed E-state index contributed by atoms with van der Waals surface area (Å²) < 4.78 is 11.7. The topological polar surface area (TPSA) is 114 Å². The lowest BCUT2D eigenvalue weighted by Gasteiger charge is -2.35. The molecule has 0 saturated carbocycles. The van der Waals surface area contributed by atoms with Gasteiger partial charge in [-0.25, -0.2) is 4.98 Å². The molecule has 0 aliphatic carbocycles. The summed E-state index contributed by atoms with van der Waals surface area (Å²) in [5.41, 5.74) is 0.957. The minimum atomic E-state index is -0.433. The van der Waals surface area contributed by atoms with E-state index < -0.39 is 5.91 Å². The van der Waals surface area contributed by atoms with Crippen LogP contribution in [0.15, 0.2) is 36.8 Å². The van der Waals surface area contributed by atoms with E-state index >= 15 is 0 Å². The van der Waals surface area contributed by atoms with E-state index in [1.165, 1.54) is 25.5 Å². The molecule has 10 heteroatoms. The SMILES string of the molecule is CO[C@@H]1CN(C)C(=O)c2ccc(NC(=O)c3cnccn3)cc2OC[C@@H](C)N(C(C)=O)C[C@@H]1C. The van der Waals surface area contributed by atoms with E-state index in [4.69, 9.17) is 9.47 Å². The molecule has 1 N–H and O–H groups in total. The van der Waals surface area contributed by atoms with Crippen LogP contribution in [0.25, 0.3) is 0 Å². The molecule has 0 saturated heterocycles. The first-order chi connectivity index (χ1) is 16.2. The van der Waals surface area contributed by atoms with Crippen LogP contribution in [0.3, 0.4) is 0 Å². The molecule has 0 spiro atoms. The Kier molecular flexibility index (Phi) is 8.17. The van der Waals surface area contributed by atoms with Gasteiger partial charge < -0.3 is 24.6 Å². The number of likely N-dealkylation sites (N-methyl/N-ethyl adjacent to an activating group) is 1. The third kappa shape index (κ3) is 5.88. The van der Waals surface area contributed by atoms with Crippen LogP contribution in [0.4, 0.5) is 5.69 Å². The van der Waals surface area contributed by atoms with E-state index in [1.54, 1.807) is 42.2 Å².